The molecular weight excluding hydrogens is 226 g/mol. The van der Waals surface area contributed by atoms with Crippen molar-refractivity contribution in [1.82, 2.24) is 15.5 Å². The monoisotopic (exact) mass is 245 g/mol. The Morgan fingerprint density at radius 1 is 1.33 bits per heavy atom. The molecule has 1 amide bonds. The maximum Gasteiger partial charge on any atom is 0.272 e. The number of hydrogen-bond donors (Lipinski definition) is 2. The number of amides is 1. The van der Waals surface area contributed by atoms with Gasteiger partial charge in [0.2, 0.25) is 0 Å². The van der Waals surface area contributed by atoms with Crippen LogP contribution in [0.3, 0.4) is 0 Å². The average Bonchev–Trinajstić information content (AvgIpc) is 2.83. The van der Waals surface area contributed by atoms with E-state index in [0.717, 1.165) is 23.7 Å². The molecule has 2 aromatic rings. The number of hydrogen-bond acceptors (Lipinski definition) is 2. The fraction of sp³-hybridized carbons (Fsp3) is 0.429. The molecule has 1 aromatic heterocycles. The summed E-state index contributed by atoms with van der Waals surface area (Å²) in [5.41, 5.74) is 1.38. The molecule has 2 rings (SSSR count). The second-order valence-corrected chi connectivity index (χ2v) is 4.51. The lowest BCUT2D eigenvalue weighted by Crippen LogP contribution is -2.29. The fourth-order valence-electron chi connectivity index (χ4n) is 2.03. The molecule has 0 saturated carbocycles. The molecular formula is C14H19N3O. The molecule has 1 heterocycles. The van der Waals surface area contributed by atoms with E-state index in [-0.39, 0.29) is 5.91 Å². The topological polar surface area (TPSA) is 57.8 Å². The Labute approximate surface area is 107 Å². The summed E-state index contributed by atoms with van der Waals surface area (Å²) in [5.74, 6) is 0.443. The molecule has 0 radical (unpaired) electrons. The van der Waals surface area contributed by atoms with Gasteiger partial charge in [-0.2, -0.15) is 5.10 Å². The molecule has 2 N–H and O–H groups in total. The van der Waals surface area contributed by atoms with Gasteiger partial charge in [-0.15, -0.1) is 0 Å². The Bertz CT molecular complexity index is 529. The molecule has 0 aliphatic heterocycles. The van der Waals surface area contributed by atoms with Crippen molar-refractivity contribution in [3.8, 4) is 0 Å². The van der Waals surface area contributed by atoms with Gasteiger partial charge >= 0.3 is 0 Å². The van der Waals surface area contributed by atoms with Gasteiger partial charge in [0.1, 0.15) is 0 Å². The molecule has 0 aliphatic rings. The van der Waals surface area contributed by atoms with Crippen molar-refractivity contribution < 1.29 is 4.79 Å². The molecule has 0 spiro atoms. The Hall–Kier alpha value is -1.84. The van der Waals surface area contributed by atoms with E-state index in [1.807, 2.05) is 24.3 Å². The van der Waals surface area contributed by atoms with E-state index in [1.165, 1.54) is 0 Å². The normalized spacial score (nSPS) is 11.1. The molecule has 0 aliphatic carbocycles. The minimum absolute atomic E-state index is 0.0978. The van der Waals surface area contributed by atoms with E-state index in [2.05, 4.69) is 29.4 Å². The Morgan fingerprint density at radius 3 is 2.78 bits per heavy atom. The van der Waals surface area contributed by atoms with Crippen molar-refractivity contribution in [1.29, 1.82) is 0 Å². The van der Waals surface area contributed by atoms with E-state index in [9.17, 15) is 4.79 Å². The summed E-state index contributed by atoms with van der Waals surface area (Å²) in [5, 5.41) is 10.8. The minimum atomic E-state index is -0.0978. The molecule has 1 aromatic carbocycles. The first-order valence-electron chi connectivity index (χ1n) is 6.47. The van der Waals surface area contributed by atoms with E-state index in [4.69, 9.17) is 0 Å². The summed E-state index contributed by atoms with van der Waals surface area (Å²) in [7, 11) is 0. The van der Waals surface area contributed by atoms with Crippen molar-refractivity contribution in [3.05, 3.63) is 30.0 Å². The highest BCUT2D eigenvalue weighted by molar-refractivity contribution is 6.04. The van der Waals surface area contributed by atoms with Crippen LogP contribution >= 0.6 is 0 Å². The first-order chi connectivity index (χ1) is 8.76. The molecule has 4 nitrogen and oxygen atoms in total. The summed E-state index contributed by atoms with van der Waals surface area (Å²) >= 11 is 0. The van der Waals surface area contributed by atoms with Crippen molar-refractivity contribution in [2.24, 2.45) is 5.92 Å². The van der Waals surface area contributed by atoms with Crippen LogP contribution in [0.15, 0.2) is 24.3 Å². The third kappa shape index (κ3) is 2.53. The lowest BCUT2D eigenvalue weighted by atomic mass is 10.0. The second-order valence-electron chi connectivity index (χ2n) is 4.51. The van der Waals surface area contributed by atoms with Crippen LogP contribution in [0.1, 0.15) is 37.2 Å². The number of fused-ring (bicyclic) bond motifs is 1. The predicted molar refractivity (Wildman–Crippen MR) is 72.5 cm³/mol. The number of aromatic nitrogens is 2. The number of aromatic amines is 1. The van der Waals surface area contributed by atoms with Crippen LogP contribution in [0.2, 0.25) is 0 Å². The maximum atomic E-state index is 12.1. The van der Waals surface area contributed by atoms with Crippen LogP contribution in [0.25, 0.3) is 10.9 Å². The molecule has 0 atom stereocenters. The van der Waals surface area contributed by atoms with Crippen LogP contribution in [-0.2, 0) is 0 Å². The Kier molecular flexibility index (Phi) is 3.97. The molecule has 96 valence electrons. The zero-order valence-corrected chi connectivity index (χ0v) is 10.9. The average molecular weight is 245 g/mol. The second kappa shape index (κ2) is 5.67. The Morgan fingerprint density at radius 2 is 2.06 bits per heavy atom. The summed E-state index contributed by atoms with van der Waals surface area (Å²) in [6.45, 7) is 5.00. The van der Waals surface area contributed by atoms with Gasteiger partial charge in [-0.3, -0.25) is 9.89 Å². The maximum absolute atomic E-state index is 12.1. The van der Waals surface area contributed by atoms with E-state index >= 15 is 0 Å². The number of benzene rings is 1. The van der Waals surface area contributed by atoms with Gasteiger partial charge in [-0.25, -0.2) is 0 Å². The van der Waals surface area contributed by atoms with E-state index in [0.29, 0.717) is 18.2 Å². The van der Waals surface area contributed by atoms with Gasteiger partial charge in [0.15, 0.2) is 5.69 Å². The number of para-hydroxylation sites is 1. The highest BCUT2D eigenvalue weighted by Crippen LogP contribution is 2.15. The Balaban J connectivity index is 2.09. The number of nitrogens with one attached hydrogen (secondary N) is 2. The molecule has 18 heavy (non-hydrogen) atoms. The van der Waals surface area contributed by atoms with Gasteiger partial charge in [-0.05, 0) is 12.0 Å². The molecule has 0 saturated heterocycles. The van der Waals surface area contributed by atoms with Gasteiger partial charge in [-0.1, -0.05) is 44.9 Å². The van der Waals surface area contributed by atoms with Gasteiger partial charge in [0, 0.05) is 11.9 Å². The predicted octanol–water partition coefficient (Wildman–Crippen LogP) is 2.73. The lowest BCUT2D eigenvalue weighted by molar-refractivity contribution is 0.0943. The number of H-pyrrole nitrogens is 1. The highest BCUT2D eigenvalue weighted by Gasteiger charge is 2.14. The first kappa shape index (κ1) is 12.6. The van der Waals surface area contributed by atoms with E-state index in [1.54, 1.807) is 0 Å². The minimum Gasteiger partial charge on any atom is -0.350 e. The van der Waals surface area contributed by atoms with Crippen LogP contribution in [-0.4, -0.2) is 22.6 Å². The number of rotatable bonds is 5. The summed E-state index contributed by atoms with van der Waals surface area (Å²) < 4.78 is 0. The smallest absolute Gasteiger partial charge is 0.272 e. The lowest BCUT2D eigenvalue weighted by Gasteiger charge is -2.12. The van der Waals surface area contributed by atoms with Crippen molar-refractivity contribution in [2.45, 2.75) is 26.7 Å². The van der Waals surface area contributed by atoms with Gasteiger partial charge in [0.25, 0.3) is 5.91 Å². The fourth-order valence-corrected chi connectivity index (χ4v) is 2.03. The quantitative estimate of drug-likeness (QED) is 0.851. The third-order valence-electron chi connectivity index (χ3n) is 3.39. The largest absolute Gasteiger partial charge is 0.350 e. The third-order valence-corrected chi connectivity index (χ3v) is 3.39. The summed E-state index contributed by atoms with van der Waals surface area (Å²) in [6, 6.07) is 7.66. The molecule has 0 fully saturated rings. The first-order valence-corrected chi connectivity index (χ1v) is 6.47. The standard InChI is InChI=1S/C14H19N3O/c1-3-10(4-2)9-15-14(18)13-11-7-5-6-8-12(11)16-17-13/h5-8,10H,3-4,9H2,1-2H3,(H,15,18)(H,16,17). The zero-order chi connectivity index (χ0) is 13.0. The van der Waals surface area contributed by atoms with Crippen molar-refractivity contribution in [2.75, 3.05) is 6.54 Å². The SMILES string of the molecule is CCC(CC)CNC(=O)c1n[nH]c2ccccc12. The molecule has 4 heteroatoms. The van der Waals surface area contributed by atoms with E-state index < -0.39 is 0 Å². The van der Waals surface area contributed by atoms with Gasteiger partial charge < -0.3 is 5.32 Å². The summed E-state index contributed by atoms with van der Waals surface area (Å²) in [4.78, 5) is 12.1. The van der Waals surface area contributed by atoms with Crippen LogP contribution in [0, 0.1) is 5.92 Å². The van der Waals surface area contributed by atoms with Crippen molar-refractivity contribution in [3.63, 3.8) is 0 Å². The van der Waals surface area contributed by atoms with Crippen molar-refractivity contribution >= 4 is 16.8 Å². The number of carbonyl (C=O) groups excluding carboxylic acids is 1. The van der Waals surface area contributed by atoms with Gasteiger partial charge in [0.05, 0.1) is 5.52 Å². The zero-order valence-electron chi connectivity index (χ0n) is 10.9. The number of nitrogens with zero attached hydrogens (tertiary/aromatic N) is 1. The van der Waals surface area contributed by atoms with Crippen LogP contribution < -0.4 is 5.32 Å². The van der Waals surface area contributed by atoms with Crippen LogP contribution in [0.4, 0.5) is 0 Å². The molecule has 0 unspecified atom stereocenters. The highest BCUT2D eigenvalue weighted by atomic mass is 16.1. The molecule has 0 bridgehead atoms. The number of carbonyl (C=O) groups is 1. The van der Waals surface area contributed by atoms with Crippen LogP contribution in [0.5, 0.6) is 0 Å². The summed E-state index contributed by atoms with van der Waals surface area (Å²) in [6.07, 6.45) is 2.16.